The molecular weight excluding hydrogens is 547 g/mol. The standard InChI is InChI=1S/C38H19N3OS/c1-5-11-29-24(8-1)35-34-25-16-14-20(21-13-15-23-22-7-2-6-12-32(22)43-33(23)18-21)17-30(25)42-31(34)19-26-36-38(41(29)37(26)35)40-28-10-4-3-9-27(28)39-36/h1-19H. The van der Waals surface area contributed by atoms with Crippen molar-refractivity contribution in [2.24, 2.45) is 0 Å². The minimum absolute atomic E-state index is 0.875. The van der Waals surface area contributed by atoms with Crippen LogP contribution in [0.15, 0.2) is 120 Å². The van der Waals surface area contributed by atoms with E-state index in [-0.39, 0.29) is 0 Å². The van der Waals surface area contributed by atoms with E-state index in [4.69, 9.17) is 14.4 Å². The molecule has 6 aromatic carbocycles. The predicted octanol–water partition coefficient (Wildman–Crippen LogP) is 10.7. The van der Waals surface area contributed by atoms with E-state index in [1.165, 1.54) is 36.5 Å². The van der Waals surface area contributed by atoms with Gasteiger partial charge in [0.2, 0.25) is 0 Å². The highest BCUT2D eigenvalue weighted by atomic mass is 32.1. The molecule has 5 heteroatoms. The molecule has 0 aliphatic rings. The number of rotatable bonds is 1. The van der Waals surface area contributed by atoms with Gasteiger partial charge in [0.25, 0.3) is 0 Å². The molecule has 43 heavy (non-hydrogen) atoms. The van der Waals surface area contributed by atoms with Crippen molar-refractivity contribution in [1.29, 1.82) is 0 Å². The SMILES string of the molecule is c1ccc2nc3c(nc2c1)c1cc2oc4cc(-c5ccc6c(c5)sc5ccccc56)ccc4c2c2c4ccccc4n3c12. The smallest absolute Gasteiger partial charge is 0.165 e. The normalized spacial score (nSPS) is 12.7. The number of benzene rings is 6. The van der Waals surface area contributed by atoms with E-state index in [2.05, 4.69) is 95.4 Å². The number of aromatic nitrogens is 3. The van der Waals surface area contributed by atoms with Crippen LogP contribution < -0.4 is 0 Å². The molecular formula is C38H19N3OS. The van der Waals surface area contributed by atoms with Gasteiger partial charge in [-0.15, -0.1) is 11.3 Å². The summed E-state index contributed by atoms with van der Waals surface area (Å²) < 4.78 is 11.6. The number of hydrogen-bond acceptors (Lipinski definition) is 4. The highest BCUT2D eigenvalue weighted by Gasteiger charge is 2.24. The summed E-state index contributed by atoms with van der Waals surface area (Å²) in [6.07, 6.45) is 0. The van der Waals surface area contributed by atoms with Gasteiger partial charge in [0.15, 0.2) is 5.65 Å². The number of thiophene rings is 1. The molecule has 0 fully saturated rings. The molecule has 5 heterocycles. The van der Waals surface area contributed by atoms with Gasteiger partial charge in [-0.2, -0.15) is 0 Å². The van der Waals surface area contributed by atoms with Crippen LogP contribution in [0.5, 0.6) is 0 Å². The highest BCUT2D eigenvalue weighted by Crippen LogP contribution is 2.46. The number of hydrogen-bond donors (Lipinski definition) is 0. The Morgan fingerprint density at radius 2 is 1.26 bits per heavy atom. The first-order chi connectivity index (χ1) is 21.3. The monoisotopic (exact) mass is 565 g/mol. The Labute approximate surface area is 247 Å². The van der Waals surface area contributed by atoms with Crippen LogP contribution in [0.4, 0.5) is 0 Å². The van der Waals surface area contributed by atoms with Crippen molar-refractivity contribution < 1.29 is 4.42 Å². The van der Waals surface area contributed by atoms with Crippen molar-refractivity contribution in [3.63, 3.8) is 0 Å². The van der Waals surface area contributed by atoms with Crippen molar-refractivity contribution in [3.8, 4) is 11.1 Å². The zero-order chi connectivity index (χ0) is 27.8. The molecule has 0 N–H and O–H groups in total. The molecule has 11 aromatic rings. The van der Waals surface area contributed by atoms with Crippen LogP contribution in [0.3, 0.4) is 0 Å². The van der Waals surface area contributed by atoms with Crippen LogP contribution in [0.2, 0.25) is 0 Å². The number of para-hydroxylation sites is 3. The van der Waals surface area contributed by atoms with Gasteiger partial charge >= 0.3 is 0 Å². The lowest BCUT2D eigenvalue weighted by molar-refractivity contribution is 0.670. The fourth-order valence-electron chi connectivity index (χ4n) is 7.24. The second-order valence-electron chi connectivity index (χ2n) is 11.4. The maximum absolute atomic E-state index is 6.69. The van der Waals surface area contributed by atoms with E-state index in [1.54, 1.807) is 0 Å². The maximum atomic E-state index is 6.69. The molecule has 11 rings (SSSR count). The molecule has 0 aliphatic heterocycles. The number of fused-ring (bicyclic) bond motifs is 14. The first-order valence-electron chi connectivity index (χ1n) is 14.4. The number of nitrogens with zero attached hydrogens (tertiary/aromatic N) is 3. The Morgan fingerprint density at radius 1 is 0.535 bits per heavy atom. The number of furan rings is 1. The Bertz CT molecular complexity index is 2960. The van der Waals surface area contributed by atoms with Gasteiger partial charge < -0.3 is 4.42 Å². The molecule has 0 saturated heterocycles. The fraction of sp³-hybridized carbons (Fsp3) is 0. The summed E-state index contributed by atoms with van der Waals surface area (Å²) in [6, 6.07) is 41.0. The van der Waals surface area contributed by atoms with Crippen LogP contribution in [0.25, 0.3) is 103 Å². The zero-order valence-corrected chi connectivity index (χ0v) is 23.4. The third-order valence-electron chi connectivity index (χ3n) is 9.10. The van der Waals surface area contributed by atoms with Gasteiger partial charge in [-0.25, -0.2) is 9.97 Å². The average Bonchev–Trinajstić information content (AvgIpc) is 3.78. The van der Waals surface area contributed by atoms with Gasteiger partial charge in [0.1, 0.15) is 16.7 Å². The first kappa shape index (κ1) is 22.1. The van der Waals surface area contributed by atoms with Crippen molar-refractivity contribution >= 4 is 103 Å². The minimum Gasteiger partial charge on any atom is -0.456 e. The van der Waals surface area contributed by atoms with Gasteiger partial charge in [0, 0.05) is 47.1 Å². The fourth-order valence-corrected chi connectivity index (χ4v) is 8.38. The zero-order valence-electron chi connectivity index (χ0n) is 22.6. The maximum Gasteiger partial charge on any atom is 0.165 e. The van der Waals surface area contributed by atoms with Crippen LogP contribution >= 0.6 is 11.3 Å². The molecule has 0 radical (unpaired) electrons. The lowest BCUT2D eigenvalue weighted by Crippen LogP contribution is -1.88. The first-order valence-corrected chi connectivity index (χ1v) is 15.2. The lowest BCUT2D eigenvalue weighted by atomic mass is 10.00. The summed E-state index contributed by atoms with van der Waals surface area (Å²) in [5, 5.41) is 8.37. The molecule has 0 spiro atoms. The summed E-state index contributed by atoms with van der Waals surface area (Å²) in [4.78, 5) is 10.2. The Morgan fingerprint density at radius 3 is 2.16 bits per heavy atom. The quantitative estimate of drug-likeness (QED) is 0.199. The highest BCUT2D eigenvalue weighted by molar-refractivity contribution is 7.25. The van der Waals surface area contributed by atoms with Gasteiger partial charge in [-0.3, -0.25) is 4.40 Å². The summed E-state index contributed by atoms with van der Waals surface area (Å²) in [6.45, 7) is 0. The third-order valence-corrected chi connectivity index (χ3v) is 10.2. The van der Waals surface area contributed by atoms with E-state index in [9.17, 15) is 0 Å². The third kappa shape index (κ3) is 2.75. The van der Waals surface area contributed by atoms with E-state index < -0.39 is 0 Å². The second kappa shape index (κ2) is 7.65. The molecule has 0 saturated carbocycles. The van der Waals surface area contributed by atoms with E-state index in [1.807, 2.05) is 35.6 Å². The van der Waals surface area contributed by atoms with E-state index >= 15 is 0 Å². The minimum atomic E-state index is 0.875. The average molecular weight is 566 g/mol. The van der Waals surface area contributed by atoms with Crippen molar-refractivity contribution in [2.75, 3.05) is 0 Å². The Balaban J connectivity index is 1.22. The molecule has 0 aliphatic carbocycles. The van der Waals surface area contributed by atoms with Gasteiger partial charge in [0.05, 0.1) is 22.1 Å². The lowest BCUT2D eigenvalue weighted by Gasteiger charge is -2.03. The van der Waals surface area contributed by atoms with Crippen LogP contribution in [-0.4, -0.2) is 14.4 Å². The van der Waals surface area contributed by atoms with Crippen molar-refractivity contribution in [1.82, 2.24) is 14.4 Å². The Hall–Kier alpha value is -5.52. The second-order valence-corrected chi connectivity index (χ2v) is 12.5. The predicted molar refractivity (Wildman–Crippen MR) is 180 cm³/mol. The molecule has 198 valence electrons. The summed E-state index contributed by atoms with van der Waals surface area (Å²) in [5.41, 5.74) is 9.99. The van der Waals surface area contributed by atoms with E-state index in [0.717, 1.165) is 66.1 Å². The van der Waals surface area contributed by atoms with Crippen molar-refractivity contribution in [2.45, 2.75) is 0 Å². The van der Waals surface area contributed by atoms with Crippen LogP contribution in [-0.2, 0) is 0 Å². The molecule has 4 nitrogen and oxygen atoms in total. The molecule has 0 atom stereocenters. The summed E-state index contributed by atoms with van der Waals surface area (Å²) in [5.74, 6) is 0. The Kier molecular flexibility index (Phi) is 3.94. The molecule has 0 bridgehead atoms. The molecule has 5 aromatic heterocycles. The van der Waals surface area contributed by atoms with Gasteiger partial charge in [-0.05, 0) is 59.7 Å². The van der Waals surface area contributed by atoms with Crippen molar-refractivity contribution in [3.05, 3.63) is 115 Å². The van der Waals surface area contributed by atoms with E-state index in [0.29, 0.717) is 0 Å². The molecule has 0 amide bonds. The summed E-state index contributed by atoms with van der Waals surface area (Å²) >= 11 is 1.85. The molecule has 0 unspecified atom stereocenters. The largest absolute Gasteiger partial charge is 0.456 e. The van der Waals surface area contributed by atoms with Crippen LogP contribution in [0.1, 0.15) is 0 Å². The summed E-state index contributed by atoms with van der Waals surface area (Å²) in [7, 11) is 0. The van der Waals surface area contributed by atoms with Crippen LogP contribution in [0, 0.1) is 0 Å². The van der Waals surface area contributed by atoms with Gasteiger partial charge in [-0.1, -0.05) is 66.7 Å². The topological polar surface area (TPSA) is 43.3 Å².